The van der Waals surface area contributed by atoms with Crippen molar-refractivity contribution < 1.29 is 9.59 Å². The van der Waals surface area contributed by atoms with Gasteiger partial charge in [0.15, 0.2) is 0 Å². The lowest BCUT2D eigenvalue weighted by Crippen LogP contribution is -2.32. The predicted molar refractivity (Wildman–Crippen MR) is 103 cm³/mol. The number of rotatable bonds is 5. The maximum atomic E-state index is 12.3. The lowest BCUT2D eigenvalue weighted by atomic mass is 10.1. The number of amides is 2. The number of anilines is 2. The first-order valence-corrected chi connectivity index (χ1v) is 8.50. The Labute approximate surface area is 149 Å². The van der Waals surface area contributed by atoms with Crippen LogP contribution in [-0.4, -0.2) is 18.4 Å². The summed E-state index contributed by atoms with van der Waals surface area (Å²) in [5, 5.41) is 2.92. The molecule has 0 fully saturated rings. The zero-order valence-corrected chi connectivity index (χ0v) is 15.6. The van der Waals surface area contributed by atoms with E-state index < -0.39 is 0 Å². The molecule has 0 spiro atoms. The van der Waals surface area contributed by atoms with Crippen molar-refractivity contribution in [3.8, 4) is 0 Å². The van der Waals surface area contributed by atoms with Crippen LogP contribution in [0.5, 0.6) is 0 Å². The topological polar surface area (TPSA) is 49.4 Å². The molecule has 4 heteroatoms. The highest BCUT2D eigenvalue weighted by atomic mass is 16.2. The van der Waals surface area contributed by atoms with Gasteiger partial charge in [-0.15, -0.1) is 0 Å². The molecule has 0 saturated carbocycles. The van der Waals surface area contributed by atoms with Crippen LogP contribution in [0.25, 0.3) is 0 Å². The van der Waals surface area contributed by atoms with E-state index in [1.54, 1.807) is 4.90 Å². The second-order valence-corrected chi connectivity index (χ2v) is 6.56. The highest BCUT2D eigenvalue weighted by molar-refractivity contribution is 5.95. The van der Waals surface area contributed by atoms with Gasteiger partial charge in [0.2, 0.25) is 11.8 Å². The Hall–Kier alpha value is -2.62. The molecule has 2 aromatic rings. The summed E-state index contributed by atoms with van der Waals surface area (Å²) >= 11 is 0. The number of aryl methyl sites for hydroxylation is 3. The molecule has 25 heavy (non-hydrogen) atoms. The van der Waals surface area contributed by atoms with Gasteiger partial charge >= 0.3 is 0 Å². The molecule has 2 rings (SSSR count). The summed E-state index contributed by atoms with van der Waals surface area (Å²) in [7, 11) is 0. The van der Waals surface area contributed by atoms with Gasteiger partial charge in [0, 0.05) is 31.3 Å². The zero-order chi connectivity index (χ0) is 18.6. The van der Waals surface area contributed by atoms with E-state index in [9.17, 15) is 9.59 Å². The van der Waals surface area contributed by atoms with Crippen molar-refractivity contribution in [2.45, 2.75) is 41.0 Å². The minimum Gasteiger partial charge on any atom is -0.326 e. The molecule has 0 aliphatic rings. The molecule has 2 amide bonds. The average Bonchev–Trinajstić information content (AvgIpc) is 2.50. The summed E-state index contributed by atoms with van der Waals surface area (Å²) in [5.41, 5.74) is 6.07. The second kappa shape index (κ2) is 7.97. The zero-order valence-electron chi connectivity index (χ0n) is 15.6. The van der Waals surface area contributed by atoms with Crippen LogP contribution in [0, 0.1) is 27.7 Å². The van der Waals surface area contributed by atoms with Crippen molar-refractivity contribution in [2.24, 2.45) is 0 Å². The number of benzene rings is 2. The molecule has 0 aliphatic carbocycles. The maximum absolute atomic E-state index is 12.3. The smallest absolute Gasteiger partial charge is 0.226 e. The second-order valence-electron chi connectivity index (χ2n) is 6.56. The van der Waals surface area contributed by atoms with Gasteiger partial charge in [-0.3, -0.25) is 9.59 Å². The number of nitrogens with zero attached hydrogens (tertiary/aromatic N) is 1. The van der Waals surface area contributed by atoms with Gasteiger partial charge in [0.1, 0.15) is 0 Å². The van der Waals surface area contributed by atoms with Crippen molar-refractivity contribution in [1.29, 1.82) is 0 Å². The fourth-order valence-corrected chi connectivity index (χ4v) is 2.96. The van der Waals surface area contributed by atoms with Gasteiger partial charge in [-0.05, 0) is 68.1 Å². The Kier molecular flexibility index (Phi) is 5.97. The molecule has 132 valence electrons. The molecular formula is C21H26N2O2. The molecule has 0 unspecified atom stereocenters. The molecule has 0 bridgehead atoms. The summed E-state index contributed by atoms with van der Waals surface area (Å²) in [4.78, 5) is 26.0. The molecular weight excluding hydrogens is 312 g/mol. The molecule has 0 heterocycles. The Morgan fingerprint density at radius 1 is 1.00 bits per heavy atom. The Morgan fingerprint density at radius 3 is 2.24 bits per heavy atom. The van der Waals surface area contributed by atoms with E-state index in [4.69, 9.17) is 0 Å². The van der Waals surface area contributed by atoms with Crippen molar-refractivity contribution in [3.63, 3.8) is 0 Å². The van der Waals surface area contributed by atoms with Crippen LogP contribution >= 0.6 is 0 Å². The first kappa shape index (κ1) is 18.7. The minimum atomic E-state index is -0.0958. The van der Waals surface area contributed by atoms with Crippen molar-refractivity contribution in [2.75, 3.05) is 16.8 Å². The third kappa shape index (κ3) is 4.92. The van der Waals surface area contributed by atoms with E-state index in [0.717, 1.165) is 33.6 Å². The summed E-state index contributed by atoms with van der Waals surface area (Å²) in [6, 6.07) is 11.8. The summed E-state index contributed by atoms with van der Waals surface area (Å²) in [5.74, 6) is -0.158. The van der Waals surface area contributed by atoms with Crippen LogP contribution in [0.2, 0.25) is 0 Å². The van der Waals surface area contributed by atoms with Crippen molar-refractivity contribution in [1.82, 2.24) is 0 Å². The van der Waals surface area contributed by atoms with Gasteiger partial charge in [-0.2, -0.15) is 0 Å². The predicted octanol–water partition coefficient (Wildman–Crippen LogP) is 4.30. The summed E-state index contributed by atoms with van der Waals surface area (Å²) in [6.45, 7) is 9.90. The Morgan fingerprint density at radius 2 is 1.64 bits per heavy atom. The molecule has 0 saturated heterocycles. The Balaban J connectivity index is 2.07. The SMILES string of the molecule is CC(=O)N(CCC(=O)Nc1cc(C)cc(C)c1)c1cccc(C)c1C. The average molecular weight is 338 g/mol. The largest absolute Gasteiger partial charge is 0.326 e. The van der Waals surface area contributed by atoms with Crippen LogP contribution in [0.1, 0.15) is 35.6 Å². The minimum absolute atomic E-state index is 0.0621. The molecule has 1 N–H and O–H groups in total. The van der Waals surface area contributed by atoms with E-state index >= 15 is 0 Å². The highest BCUT2D eigenvalue weighted by Gasteiger charge is 2.16. The van der Waals surface area contributed by atoms with Gasteiger partial charge in [0.25, 0.3) is 0 Å². The first-order chi connectivity index (χ1) is 11.8. The number of carbonyl (C=O) groups is 2. The monoisotopic (exact) mass is 338 g/mol. The number of nitrogens with one attached hydrogen (secondary N) is 1. The van der Waals surface area contributed by atoms with Gasteiger partial charge in [0.05, 0.1) is 0 Å². The van der Waals surface area contributed by atoms with E-state index in [-0.39, 0.29) is 18.2 Å². The number of carbonyl (C=O) groups excluding carboxylic acids is 2. The highest BCUT2D eigenvalue weighted by Crippen LogP contribution is 2.23. The van der Waals surface area contributed by atoms with Crippen molar-refractivity contribution >= 4 is 23.2 Å². The third-order valence-corrected chi connectivity index (χ3v) is 4.31. The number of hydrogen-bond acceptors (Lipinski definition) is 2. The van der Waals surface area contributed by atoms with E-state index in [2.05, 4.69) is 11.4 Å². The molecule has 0 radical (unpaired) electrons. The lowest BCUT2D eigenvalue weighted by molar-refractivity contribution is -0.117. The maximum Gasteiger partial charge on any atom is 0.226 e. The fourth-order valence-electron chi connectivity index (χ4n) is 2.96. The number of hydrogen-bond donors (Lipinski definition) is 1. The third-order valence-electron chi connectivity index (χ3n) is 4.31. The van der Waals surface area contributed by atoms with Crippen LogP contribution in [0.4, 0.5) is 11.4 Å². The molecule has 0 aromatic heterocycles. The van der Waals surface area contributed by atoms with Crippen LogP contribution in [0.15, 0.2) is 36.4 Å². The van der Waals surface area contributed by atoms with E-state index in [1.807, 2.05) is 58.0 Å². The fraction of sp³-hybridized carbons (Fsp3) is 0.333. The van der Waals surface area contributed by atoms with Crippen LogP contribution < -0.4 is 10.2 Å². The summed E-state index contributed by atoms with van der Waals surface area (Å²) < 4.78 is 0. The van der Waals surface area contributed by atoms with E-state index in [0.29, 0.717) is 6.54 Å². The Bertz CT molecular complexity index is 776. The first-order valence-electron chi connectivity index (χ1n) is 8.50. The normalized spacial score (nSPS) is 10.4. The molecule has 4 nitrogen and oxygen atoms in total. The van der Waals surface area contributed by atoms with Crippen molar-refractivity contribution in [3.05, 3.63) is 58.7 Å². The van der Waals surface area contributed by atoms with E-state index in [1.165, 1.54) is 6.92 Å². The van der Waals surface area contributed by atoms with Crippen LogP contribution in [0.3, 0.4) is 0 Å². The molecule has 2 aromatic carbocycles. The van der Waals surface area contributed by atoms with Gasteiger partial charge < -0.3 is 10.2 Å². The molecule has 0 atom stereocenters. The summed E-state index contributed by atoms with van der Waals surface area (Å²) in [6.07, 6.45) is 0.250. The van der Waals surface area contributed by atoms with Gasteiger partial charge in [-0.1, -0.05) is 18.2 Å². The van der Waals surface area contributed by atoms with Crippen LogP contribution in [-0.2, 0) is 9.59 Å². The quantitative estimate of drug-likeness (QED) is 0.883. The van der Waals surface area contributed by atoms with Gasteiger partial charge in [-0.25, -0.2) is 0 Å². The lowest BCUT2D eigenvalue weighted by Gasteiger charge is -2.23. The molecule has 0 aliphatic heterocycles. The standard InChI is InChI=1S/C21H26N2O2/c1-14-11-15(2)13-19(12-14)22-21(25)9-10-23(18(5)24)20-8-6-7-16(3)17(20)4/h6-8,11-13H,9-10H2,1-5H3,(H,22,25).